The molecule has 0 aromatic carbocycles. The van der Waals surface area contributed by atoms with E-state index in [1.54, 1.807) is 0 Å². The maximum atomic E-state index is 13.2. The SMILES string of the molecule is CC/C=C/C=C/C=C\C=C/C=C/CCCCCC(=O)OC(CCCCCCCCC/C=C\C/C=C\CCCCC)CC(=O)NC(CO)C(O)CCCCCCCCCCCCCC. The van der Waals surface area contributed by atoms with E-state index in [1.807, 2.05) is 42.5 Å². The smallest absolute Gasteiger partial charge is 0.306 e. The van der Waals surface area contributed by atoms with Crippen molar-refractivity contribution >= 4 is 11.9 Å². The van der Waals surface area contributed by atoms with Gasteiger partial charge in [-0.2, -0.15) is 0 Å². The maximum Gasteiger partial charge on any atom is 0.306 e. The summed E-state index contributed by atoms with van der Waals surface area (Å²) < 4.78 is 5.92. The molecule has 0 rings (SSSR count). The van der Waals surface area contributed by atoms with Gasteiger partial charge in [0.1, 0.15) is 6.10 Å². The van der Waals surface area contributed by atoms with Crippen molar-refractivity contribution in [3.8, 4) is 0 Å². The Bertz CT molecular complexity index is 1210. The number of unbranched alkanes of at least 4 members (excludes halogenated alkanes) is 24. The zero-order valence-corrected chi connectivity index (χ0v) is 41.2. The monoisotopic (exact) mass is 878 g/mol. The predicted octanol–water partition coefficient (Wildman–Crippen LogP) is 16.0. The Kier molecular flexibility index (Phi) is 47.7. The van der Waals surface area contributed by atoms with Crippen LogP contribution >= 0.6 is 0 Å². The standard InChI is InChI=1S/C57H99NO5/c1-4-7-10-13-16-19-22-25-27-28-30-31-33-36-39-42-45-48-53(63-57(62)50-47-44-41-38-35-32-29-26-23-20-17-14-11-8-5-2)51-56(61)58-54(52-59)55(60)49-46-43-40-37-34-24-21-18-15-12-9-6-3/h8,11,14,16-17,19-20,23,25-27,29,32,35,53-55,59-60H,4-7,9-10,12-13,15,18,21-22,24,28,30-31,33-34,36-52H2,1-3H3,(H,58,61)/b11-8+,17-14+,19-16-,23-20-,27-25-,29-26-,35-32+. The molecule has 63 heavy (non-hydrogen) atoms. The third kappa shape index (κ3) is 45.4. The maximum absolute atomic E-state index is 13.2. The summed E-state index contributed by atoms with van der Waals surface area (Å²) in [6.07, 6.45) is 64.9. The number of rotatable bonds is 46. The summed E-state index contributed by atoms with van der Waals surface area (Å²) >= 11 is 0. The fraction of sp³-hybridized carbons (Fsp3) is 0.719. The molecule has 6 heteroatoms. The summed E-state index contributed by atoms with van der Waals surface area (Å²) in [5, 5.41) is 23.8. The Hall–Kier alpha value is -2.96. The lowest BCUT2D eigenvalue weighted by atomic mass is 10.0. The molecular weight excluding hydrogens is 779 g/mol. The van der Waals surface area contributed by atoms with Crippen LogP contribution in [0.15, 0.2) is 85.1 Å². The van der Waals surface area contributed by atoms with Crippen LogP contribution in [-0.2, 0) is 14.3 Å². The van der Waals surface area contributed by atoms with Gasteiger partial charge in [0.15, 0.2) is 0 Å². The first kappa shape index (κ1) is 60.0. The zero-order valence-electron chi connectivity index (χ0n) is 41.2. The van der Waals surface area contributed by atoms with Gasteiger partial charge in [0.05, 0.1) is 25.2 Å². The Morgan fingerprint density at radius 1 is 0.492 bits per heavy atom. The second kappa shape index (κ2) is 50.0. The highest BCUT2D eigenvalue weighted by Gasteiger charge is 2.24. The second-order valence-corrected chi connectivity index (χ2v) is 17.7. The van der Waals surface area contributed by atoms with E-state index in [0.717, 1.165) is 83.5 Å². The van der Waals surface area contributed by atoms with Crippen LogP contribution in [0.1, 0.15) is 239 Å². The minimum atomic E-state index is -0.801. The molecule has 0 saturated carbocycles. The summed E-state index contributed by atoms with van der Waals surface area (Å²) in [6, 6.07) is -0.717. The summed E-state index contributed by atoms with van der Waals surface area (Å²) in [6.45, 7) is 6.30. The van der Waals surface area contributed by atoms with Crippen LogP contribution in [0.5, 0.6) is 0 Å². The second-order valence-electron chi connectivity index (χ2n) is 17.7. The predicted molar refractivity (Wildman–Crippen MR) is 273 cm³/mol. The summed E-state index contributed by atoms with van der Waals surface area (Å²) in [7, 11) is 0. The summed E-state index contributed by atoms with van der Waals surface area (Å²) in [5.74, 6) is -0.533. The number of hydrogen-bond acceptors (Lipinski definition) is 5. The number of nitrogens with one attached hydrogen (secondary N) is 1. The third-order valence-electron chi connectivity index (χ3n) is 11.6. The number of aliphatic hydroxyl groups excluding tert-OH is 2. The molecular formula is C57H99NO5. The molecule has 0 bridgehead atoms. The van der Waals surface area contributed by atoms with Crippen LogP contribution in [0.25, 0.3) is 0 Å². The molecule has 3 N–H and O–H groups in total. The van der Waals surface area contributed by atoms with E-state index >= 15 is 0 Å². The van der Waals surface area contributed by atoms with Crippen LogP contribution in [0.4, 0.5) is 0 Å². The molecule has 0 heterocycles. The molecule has 0 aliphatic carbocycles. The van der Waals surface area contributed by atoms with E-state index in [4.69, 9.17) is 4.74 Å². The van der Waals surface area contributed by atoms with Crippen molar-refractivity contribution in [3.63, 3.8) is 0 Å². The van der Waals surface area contributed by atoms with Gasteiger partial charge in [-0.1, -0.05) is 234 Å². The first-order chi connectivity index (χ1) is 31.0. The molecule has 0 radical (unpaired) electrons. The lowest BCUT2D eigenvalue weighted by Gasteiger charge is -2.24. The Balaban J connectivity index is 4.70. The van der Waals surface area contributed by atoms with Crippen molar-refractivity contribution in [2.24, 2.45) is 0 Å². The molecule has 0 aliphatic rings. The minimum Gasteiger partial charge on any atom is -0.462 e. The molecule has 3 atom stereocenters. The first-order valence-electron chi connectivity index (χ1n) is 26.4. The van der Waals surface area contributed by atoms with Gasteiger partial charge in [-0.3, -0.25) is 9.59 Å². The number of amides is 1. The molecule has 0 fully saturated rings. The number of carbonyl (C=O) groups excluding carboxylic acids is 2. The Morgan fingerprint density at radius 3 is 1.46 bits per heavy atom. The summed E-state index contributed by atoms with van der Waals surface area (Å²) in [4.78, 5) is 26.2. The molecule has 3 unspecified atom stereocenters. The average molecular weight is 878 g/mol. The van der Waals surface area contributed by atoms with Crippen LogP contribution in [0.2, 0.25) is 0 Å². The van der Waals surface area contributed by atoms with Crippen LogP contribution < -0.4 is 5.32 Å². The lowest BCUT2D eigenvalue weighted by molar-refractivity contribution is -0.151. The van der Waals surface area contributed by atoms with Crippen LogP contribution in [-0.4, -0.2) is 46.9 Å². The highest BCUT2D eigenvalue weighted by molar-refractivity contribution is 5.77. The number of esters is 1. The molecule has 1 amide bonds. The largest absolute Gasteiger partial charge is 0.462 e. The molecule has 6 nitrogen and oxygen atoms in total. The van der Waals surface area contributed by atoms with Gasteiger partial charge in [-0.05, 0) is 77.0 Å². The van der Waals surface area contributed by atoms with Gasteiger partial charge in [0, 0.05) is 6.42 Å². The quantitative estimate of drug-likeness (QED) is 0.0245. The summed E-state index contributed by atoms with van der Waals surface area (Å²) in [5.41, 5.74) is 0. The van der Waals surface area contributed by atoms with Crippen molar-refractivity contribution in [1.29, 1.82) is 0 Å². The van der Waals surface area contributed by atoms with E-state index in [9.17, 15) is 19.8 Å². The van der Waals surface area contributed by atoms with Crippen molar-refractivity contribution in [3.05, 3.63) is 85.1 Å². The lowest BCUT2D eigenvalue weighted by Crippen LogP contribution is -2.46. The molecule has 0 spiro atoms. The van der Waals surface area contributed by atoms with E-state index in [2.05, 4.69) is 68.6 Å². The van der Waals surface area contributed by atoms with Gasteiger partial charge in [-0.25, -0.2) is 0 Å². The number of ether oxygens (including phenoxy) is 1. The fourth-order valence-electron chi connectivity index (χ4n) is 7.60. The molecule has 0 saturated heterocycles. The van der Waals surface area contributed by atoms with E-state index in [0.29, 0.717) is 19.3 Å². The zero-order chi connectivity index (χ0) is 45.9. The number of hydrogen-bond donors (Lipinski definition) is 3. The normalized spacial score (nSPS) is 13.9. The van der Waals surface area contributed by atoms with E-state index < -0.39 is 18.2 Å². The van der Waals surface area contributed by atoms with Crippen molar-refractivity contribution in [2.75, 3.05) is 6.61 Å². The minimum absolute atomic E-state index is 0.0510. The first-order valence-corrected chi connectivity index (χ1v) is 26.4. The Labute approximate surface area is 389 Å². The topological polar surface area (TPSA) is 95.9 Å². The van der Waals surface area contributed by atoms with E-state index in [-0.39, 0.29) is 24.9 Å². The van der Waals surface area contributed by atoms with Crippen molar-refractivity contribution < 1.29 is 24.5 Å². The fourth-order valence-corrected chi connectivity index (χ4v) is 7.60. The van der Waals surface area contributed by atoms with Crippen molar-refractivity contribution in [2.45, 2.75) is 257 Å². The average Bonchev–Trinajstić information content (AvgIpc) is 3.28. The van der Waals surface area contributed by atoms with Crippen molar-refractivity contribution in [1.82, 2.24) is 5.32 Å². The van der Waals surface area contributed by atoms with Crippen LogP contribution in [0, 0.1) is 0 Å². The molecule has 362 valence electrons. The highest BCUT2D eigenvalue weighted by atomic mass is 16.5. The number of aliphatic hydroxyl groups is 2. The van der Waals surface area contributed by atoms with Gasteiger partial charge in [-0.15, -0.1) is 0 Å². The molecule has 0 aromatic rings. The molecule has 0 aromatic heterocycles. The number of allylic oxidation sites excluding steroid dienone is 14. The third-order valence-corrected chi connectivity index (χ3v) is 11.6. The van der Waals surface area contributed by atoms with Gasteiger partial charge < -0.3 is 20.3 Å². The van der Waals surface area contributed by atoms with Gasteiger partial charge in [0.25, 0.3) is 0 Å². The number of carbonyl (C=O) groups is 2. The van der Waals surface area contributed by atoms with Gasteiger partial charge in [0.2, 0.25) is 5.91 Å². The van der Waals surface area contributed by atoms with Crippen LogP contribution in [0.3, 0.4) is 0 Å². The van der Waals surface area contributed by atoms with E-state index in [1.165, 1.54) is 109 Å². The highest BCUT2D eigenvalue weighted by Crippen LogP contribution is 2.18. The Morgan fingerprint density at radius 2 is 0.921 bits per heavy atom. The molecule has 0 aliphatic heterocycles. The van der Waals surface area contributed by atoms with Gasteiger partial charge >= 0.3 is 5.97 Å².